The second-order valence-electron chi connectivity index (χ2n) is 6.80. The van der Waals surface area contributed by atoms with Gasteiger partial charge in [-0.2, -0.15) is 0 Å². The minimum atomic E-state index is -0.720. The summed E-state index contributed by atoms with van der Waals surface area (Å²) in [4.78, 5) is 14.0. The molecule has 1 heterocycles. The van der Waals surface area contributed by atoms with Gasteiger partial charge in [0.2, 0.25) is 5.56 Å². The number of aromatic nitrogens is 1. The van der Waals surface area contributed by atoms with Gasteiger partial charge in [0.05, 0.1) is 19.7 Å². The van der Waals surface area contributed by atoms with Crippen LogP contribution < -0.4 is 25.1 Å². The van der Waals surface area contributed by atoms with Crippen LogP contribution in [0.3, 0.4) is 0 Å². The number of benzene rings is 2. The van der Waals surface area contributed by atoms with E-state index < -0.39 is 6.10 Å². The van der Waals surface area contributed by atoms with Crippen molar-refractivity contribution < 1.29 is 24.4 Å². The van der Waals surface area contributed by atoms with Gasteiger partial charge < -0.3 is 34.7 Å². The predicted octanol–water partition coefficient (Wildman–Crippen LogP) is 1.82. The van der Waals surface area contributed by atoms with E-state index in [9.17, 15) is 15.0 Å². The average molecular weight is 414 g/mol. The average Bonchev–Trinajstić information content (AvgIpc) is 2.76. The fraction of sp³-hybridized carbons (Fsp3) is 0.318. The summed E-state index contributed by atoms with van der Waals surface area (Å²) >= 11 is 0. The molecule has 0 amide bonds. The summed E-state index contributed by atoms with van der Waals surface area (Å²) in [6.45, 7) is 1.11. The van der Waals surface area contributed by atoms with Gasteiger partial charge in [-0.05, 0) is 48.9 Å². The molecule has 1 aromatic heterocycles. The van der Waals surface area contributed by atoms with Crippen LogP contribution in [0, 0.1) is 0 Å². The van der Waals surface area contributed by atoms with Gasteiger partial charge in [-0.25, -0.2) is 0 Å². The monoisotopic (exact) mass is 414 g/mol. The molecule has 1 unspecified atom stereocenters. The Kier molecular flexibility index (Phi) is 7.16. The minimum Gasteiger partial charge on any atom is -0.506 e. The van der Waals surface area contributed by atoms with Crippen molar-refractivity contribution in [3.05, 3.63) is 58.4 Å². The van der Waals surface area contributed by atoms with E-state index in [1.807, 2.05) is 18.2 Å². The van der Waals surface area contributed by atoms with Crippen LogP contribution in [0.25, 0.3) is 10.9 Å². The standard InChI is InChI=1S/C22H26N2O6/c1-28-19-6-3-14(11-20(19)29-2)9-10-23-12-15(25)13-30-18-7-5-17(26)22-16(18)4-8-21(27)24-22/h3-8,11,15,23,25-26H,9-10,12-13H2,1-2H3,(H,24,27). The highest BCUT2D eigenvalue weighted by molar-refractivity contribution is 5.89. The van der Waals surface area contributed by atoms with E-state index in [1.54, 1.807) is 26.4 Å². The summed E-state index contributed by atoms with van der Waals surface area (Å²) in [7, 11) is 3.20. The van der Waals surface area contributed by atoms with Crippen molar-refractivity contribution in [2.45, 2.75) is 12.5 Å². The first kappa shape index (κ1) is 21.5. The number of ether oxygens (including phenoxy) is 3. The molecule has 30 heavy (non-hydrogen) atoms. The third kappa shape index (κ3) is 5.22. The number of methoxy groups -OCH3 is 2. The fourth-order valence-electron chi connectivity index (χ4n) is 3.12. The molecule has 0 radical (unpaired) electrons. The fourth-order valence-corrected chi connectivity index (χ4v) is 3.12. The summed E-state index contributed by atoms with van der Waals surface area (Å²) in [6, 6.07) is 11.8. The maximum Gasteiger partial charge on any atom is 0.248 e. The van der Waals surface area contributed by atoms with Crippen LogP contribution >= 0.6 is 0 Å². The van der Waals surface area contributed by atoms with Crippen molar-refractivity contribution >= 4 is 10.9 Å². The summed E-state index contributed by atoms with van der Waals surface area (Å²) in [6.07, 6.45) is 0.0474. The smallest absolute Gasteiger partial charge is 0.248 e. The minimum absolute atomic E-state index is 0.0348. The Labute approximate surface area is 174 Å². The largest absolute Gasteiger partial charge is 0.506 e. The number of rotatable bonds is 10. The lowest BCUT2D eigenvalue weighted by Crippen LogP contribution is -2.32. The zero-order valence-corrected chi connectivity index (χ0v) is 17.0. The molecule has 3 rings (SSSR count). The van der Waals surface area contributed by atoms with Gasteiger partial charge in [0.25, 0.3) is 0 Å². The number of aromatic hydroxyl groups is 1. The van der Waals surface area contributed by atoms with Crippen molar-refractivity contribution in [3.63, 3.8) is 0 Å². The van der Waals surface area contributed by atoms with E-state index in [2.05, 4.69) is 10.3 Å². The Balaban J connectivity index is 1.48. The molecule has 0 aliphatic heterocycles. The molecule has 4 N–H and O–H groups in total. The van der Waals surface area contributed by atoms with Crippen molar-refractivity contribution in [2.24, 2.45) is 0 Å². The quantitative estimate of drug-likeness (QED) is 0.374. The lowest BCUT2D eigenvalue weighted by molar-refractivity contribution is 0.107. The molecule has 0 saturated carbocycles. The molecule has 0 aliphatic carbocycles. The third-order valence-electron chi connectivity index (χ3n) is 4.68. The van der Waals surface area contributed by atoms with Crippen LogP contribution in [0.1, 0.15) is 5.56 Å². The lowest BCUT2D eigenvalue weighted by atomic mass is 10.1. The molecular formula is C22H26N2O6. The van der Waals surface area contributed by atoms with Crippen molar-refractivity contribution in [1.29, 1.82) is 0 Å². The van der Waals surface area contributed by atoms with E-state index in [-0.39, 0.29) is 17.9 Å². The van der Waals surface area contributed by atoms with Gasteiger partial charge in [-0.3, -0.25) is 4.79 Å². The summed E-state index contributed by atoms with van der Waals surface area (Å²) in [5, 5.41) is 23.9. The van der Waals surface area contributed by atoms with Crippen LogP contribution in [-0.4, -0.2) is 55.2 Å². The Morgan fingerprint density at radius 2 is 1.80 bits per heavy atom. The SMILES string of the molecule is COc1ccc(CCNCC(O)COc2ccc(O)c3[nH]c(=O)ccc23)cc1OC. The van der Waals surface area contributed by atoms with Crippen LogP contribution in [0.2, 0.25) is 0 Å². The number of aromatic amines is 1. The van der Waals surface area contributed by atoms with E-state index in [4.69, 9.17) is 14.2 Å². The molecule has 8 nitrogen and oxygen atoms in total. The molecule has 1 atom stereocenters. The molecule has 0 spiro atoms. The van der Waals surface area contributed by atoms with E-state index >= 15 is 0 Å². The number of pyridine rings is 1. The first-order chi connectivity index (χ1) is 14.5. The van der Waals surface area contributed by atoms with Crippen LogP contribution in [0.5, 0.6) is 23.0 Å². The normalized spacial score (nSPS) is 12.0. The first-order valence-corrected chi connectivity index (χ1v) is 9.59. The van der Waals surface area contributed by atoms with E-state index in [1.165, 1.54) is 12.1 Å². The summed E-state index contributed by atoms with van der Waals surface area (Å²) < 4.78 is 16.2. The molecule has 8 heteroatoms. The molecule has 2 aromatic carbocycles. The van der Waals surface area contributed by atoms with Gasteiger partial charge in [-0.15, -0.1) is 0 Å². The van der Waals surface area contributed by atoms with Crippen molar-refractivity contribution in [3.8, 4) is 23.0 Å². The molecule has 0 bridgehead atoms. The van der Waals surface area contributed by atoms with Crippen molar-refractivity contribution in [2.75, 3.05) is 33.9 Å². The Morgan fingerprint density at radius 1 is 1.03 bits per heavy atom. The van der Waals surface area contributed by atoms with Gasteiger partial charge in [-0.1, -0.05) is 6.07 Å². The lowest BCUT2D eigenvalue weighted by Gasteiger charge is -2.15. The highest BCUT2D eigenvalue weighted by atomic mass is 16.5. The topological polar surface area (TPSA) is 113 Å². The molecule has 0 saturated heterocycles. The van der Waals surface area contributed by atoms with E-state index in [0.717, 1.165) is 12.0 Å². The number of fused-ring (bicyclic) bond motifs is 1. The number of hydrogen-bond acceptors (Lipinski definition) is 7. The highest BCUT2D eigenvalue weighted by Gasteiger charge is 2.10. The Bertz CT molecular complexity index is 1050. The molecule has 160 valence electrons. The number of nitrogens with one attached hydrogen (secondary N) is 2. The number of phenols is 1. The molecule has 0 aliphatic rings. The summed E-state index contributed by atoms with van der Waals surface area (Å²) in [5.74, 6) is 1.81. The predicted molar refractivity (Wildman–Crippen MR) is 114 cm³/mol. The van der Waals surface area contributed by atoms with Crippen LogP contribution in [0.4, 0.5) is 0 Å². The maximum absolute atomic E-state index is 11.5. The zero-order chi connectivity index (χ0) is 21.5. The number of H-pyrrole nitrogens is 1. The number of aliphatic hydroxyl groups is 1. The van der Waals surface area contributed by atoms with Crippen molar-refractivity contribution in [1.82, 2.24) is 10.3 Å². The number of aliphatic hydroxyl groups excluding tert-OH is 1. The van der Waals surface area contributed by atoms with Gasteiger partial charge in [0.1, 0.15) is 24.2 Å². The number of hydrogen-bond donors (Lipinski definition) is 4. The highest BCUT2D eigenvalue weighted by Crippen LogP contribution is 2.30. The molecular weight excluding hydrogens is 388 g/mol. The van der Waals surface area contributed by atoms with Crippen LogP contribution in [-0.2, 0) is 6.42 Å². The summed E-state index contributed by atoms with van der Waals surface area (Å²) in [5.41, 5.74) is 1.09. The van der Waals surface area contributed by atoms with E-state index in [0.29, 0.717) is 41.2 Å². The zero-order valence-electron chi connectivity index (χ0n) is 17.0. The third-order valence-corrected chi connectivity index (χ3v) is 4.68. The van der Waals surface area contributed by atoms with Gasteiger partial charge in [0, 0.05) is 18.0 Å². The second-order valence-corrected chi connectivity index (χ2v) is 6.80. The first-order valence-electron chi connectivity index (χ1n) is 9.59. The van der Waals surface area contributed by atoms with Crippen LogP contribution in [0.15, 0.2) is 47.3 Å². The van der Waals surface area contributed by atoms with Gasteiger partial charge in [0.15, 0.2) is 11.5 Å². The number of phenolic OH excluding ortho intramolecular Hbond substituents is 1. The maximum atomic E-state index is 11.5. The molecule has 0 fully saturated rings. The van der Waals surface area contributed by atoms with Gasteiger partial charge >= 0.3 is 0 Å². The Hall–Kier alpha value is -3.23. The molecule has 3 aromatic rings. The second kappa shape index (κ2) is 10.00. The Morgan fingerprint density at radius 3 is 2.57 bits per heavy atom.